The lowest BCUT2D eigenvalue weighted by atomic mass is 10.1. The van der Waals surface area contributed by atoms with Gasteiger partial charge >= 0.3 is 0 Å². The Morgan fingerprint density at radius 3 is 2.48 bits per heavy atom. The molecule has 1 unspecified atom stereocenters. The van der Waals surface area contributed by atoms with Gasteiger partial charge in [-0.2, -0.15) is 0 Å². The third kappa shape index (κ3) is 6.09. The van der Waals surface area contributed by atoms with E-state index in [9.17, 15) is 9.18 Å². The molecule has 0 radical (unpaired) electrons. The predicted molar refractivity (Wildman–Crippen MR) is 107 cm³/mol. The van der Waals surface area contributed by atoms with Gasteiger partial charge in [0.15, 0.2) is 6.61 Å². The first-order chi connectivity index (χ1) is 12.6. The number of likely N-dealkylation sites (tertiary alicyclic amines) is 1. The van der Waals surface area contributed by atoms with Crippen LogP contribution in [0.15, 0.2) is 48.5 Å². The Bertz CT molecular complexity index is 737. The molecule has 2 aromatic carbocycles. The van der Waals surface area contributed by atoms with E-state index in [0.717, 1.165) is 31.5 Å². The summed E-state index contributed by atoms with van der Waals surface area (Å²) >= 11 is 6.37. The molecule has 146 valence electrons. The Hall–Kier alpha value is -1.82. The number of carbonyl (C=O) groups excluding carboxylic acids is 1. The molecule has 1 aliphatic heterocycles. The van der Waals surface area contributed by atoms with Gasteiger partial charge in [0.05, 0.1) is 6.04 Å². The van der Waals surface area contributed by atoms with Crippen molar-refractivity contribution in [3.05, 3.63) is 64.9 Å². The van der Waals surface area contributed by atoms with Crippen molar-refractivity contribution in [2.45, 2.75) is 18.9 Å². The molecule has 1 saturated heterocycles. The zero-order valence-corrected chi connectivity index (χ0v) is 16.4. The van der Waals surface area contributed by atoms with Crippen LogP contribution in [0.25, 0.3) is 0 Å². The lowest BCUT2D eigenvalue weighted by molar-refractivity contribution is -0.123. The Morgan fingerprint density at radius 1 is 1.15 bits per heavy atom. The van der Waals surface area contributed by atoms with Crippen LogP contribution in [0.4, 0.5) is 4.39 Å². The van der Waals surface area contributed by atoms with Crippen molar-refractivity contribution >= 4 is 29.9 Å². The van der Waals surface area contributed by atoms with Crippen LogP contribution >= 0.6 is 24.0 Å². The average Bonchev–Trinajstić information content (AvgIpc) is 3.17. The lowest BCUT2D eigenvalue weighted by Gasteiger charge is -2.29. The second-order valence-corrected chi connectivity index (χ2v) is 6.73. The fraction of sp³-hybridized carbons (Fsp3) is 0.350. The van der Waals surface area contributed by atoms with E-state index in [1.54, 1.807) is 0 Å². The number of nitrogens with one attached hydrogen (secondary N) is 1. The highest BCUT2D eigenvalue weighted by Crippen LogP contribution is 2.29. The Labute approximate surface area is 170 Å². The standard InChI is InChI=1S/C20H22ClFN2O2.ClH/c21-18-6-2-1-5-17(18)19(24-11-3-4-12-24)13-23-20(25)14-26-16-9-7-15(22)8-10-16;/h1-2,5-10,19H,3-4,11-14H2,(H,23,25);1H. The summed E-state index contributed by atoms with van der Waals surface area (Å²) in [7, 11) is 0. The van der Waals surface area contributed by atoms with Crippen LogP contribution in [-0.2, 0) is 4.79 Å². The van der Waals surface area contributed by atoms with Crippen molar-refractivity contribution in [1.82, 2.24) is 10.2 Å². The third-order valence-electron chi connectivity index (χ3n) is 4.52. The maximum atomic E-state index is 12.9. The van der Waals surface area contributed by atoms with Gasteiger partial charge in [0, 0.05) is 11.6 Å². The summed E-state index contributed by atoms with van der Waals surface area (Å²) in [6.07, 6.45) is 2.31. The summed E-state index contributed by atoms with van der Waals surface area (Å²) in [5.74, 6) is -0.0932. The number of halogens is 3. The normalized spacial score (nSPS) is 15.0. The van der Waals surface area contributed by atoms with Crippen LogP contribution in [0.1, 0.15) is 24.4 Å². The fourth-order valence-electron chi connectivity index (χ4n) is 3.18. The van der Waals surface area contributed by atoms with Crippen LogP contribution < -0.4 is 10.1 Å². The molecule has 4 nitrogen and oxygen atoms in total. The number of ether oxygens (including phenoxy) is 1. The van der Waals surface area contributed by atoms with Crippen LogP contribution in [0.2, 0.25) is 5.02 Å². The fourth-order valence-corrected chi connectivity index (χ4v) is 3.44. The maximum Gasteiger partial charge on any atom is 0.258 e. The Morgan fingerprint density at radius 2 is 1.81 bits per heavy atom. The van der Waals surface area contributed by atoms with Gasteiger partial charge in [-0.15, -0.1) is 12.4 Å². The molecule has 7 heteroatoms. The minimum Gasteiger partial charge on any atom is -0.484 e. The first-order valence-electron chi connectivity index (χ1n) is 8.77. The van der Waals surface area contributed by atoms with E-state index in [1.165, 1.54) is 24.3 Å². The molecule has 1 aliphatic rings. The van der Waals surface area contributed by atoms with Gasteiger partial charge in [0.2, 0.25) is 0 Å². The first-order valence-corrected chi connectivity index (χ1v) is 9.15. The number of nitrogens with zero attached hydrogens (tertiary/aromatic N) is 1. The molecule has 0 aromatic heterocycles. The number of hydrogen-bond acceptors (Lipinski definition) is 3. The van der Waals surface area contributed by atoms with Gasteiger partial charge in [-0.25, -0.2) is 4.39 Å². The highest BCUT2D eigenvalue weighted by Gasteiger charge is 2.25. The van der Waals surface area contributed by atoms with Crippen LogP contribution in [0, 0.1) is 5.82 Å². The maximum absolute atomic E-state index is 12.9. The molecule has 0 bridgehead atoms. The van der Waals surface area contributed by atoms with Crippen molar-refractivity contribution in [2.24, 2.45) is 0 Å². The smallest absolute Gasteiger partial charge is 0.258 e. The highest BCUT2D eigenvalue weighted by atomic mass is 35.5. The molecule has 1 amide bonds. The number of rotatable bonds is 7. The summed E-state index contributed by atoms with van der Waals surface area (Å²) in [5, 5.41) is 3.64. The summed E-state index contributed by atoms with van der Waals surface area (Å²) in [6, 6.07) is 13.4. The zero-order valence-electron chi connectivity index (χ0n) is 14.9. The van der Waals surface area contributed by atoms with Crippen LogP contribution in [0.5, 0.6) is 5.75 Å². The van der Waals surface area contributed by atoms with Gasteiger partial charge in [-0.1, -0.05) is 29.8 Å². The molecule has 1 heterocycles. The second-order valence-electron chi connectivity index (χ2n) is 6.33. The summed E-state index contributed by atoms with van der Waals surface area (Å²) in [6.45, 7) is 2.35. The van der Waals surface area contributed by atoms with E-state index in [-0.39, 0.29) is 36.8 Å². The van der Waals surface area contributed by atoms with Crippen molar-refractivity contribution in [3.8, 4) is 5.75 Å². The van der Waals surface area contributed by atoms with Crippen molar-refractivity contribution in [2.75, 3.05) is 26.2 Å². The Balaban J connectivity index is 0.00000261. The summed E-state index contributed by atoms with van der Waals surface area (Å²) < 4.78 is 18.3. The van der Waals surface area contributed by atoms with Gasteiger partial charge in [0.25, 0.3) is 5.91 Å². The SMILES string of the molecule is Cl.O=C(COc1ccc(F)cc1)NCC(c1ccccc1Cl)N1CCCC1. The van der Waals surface area contributed by atoms with E-state index in [1.807, 2.05) is 24.3 Å². The van der Waals surface area contributed by atoms with Crippen LogP contribution in [-0.4, -0.2) is 37.0 Å². The molecule has 2 aromatic rings. The quantitative estimate of drug-likeness (QED) is 0.739. The minimum absolute atomic E-state index is 0. The molecule has 0 saturated carbocycles. The van der Waals surface area contributed by atoms with E-state index in [2.05, 4.69) is 10.2 Å². The third-order valence-corrected chi connectivity index (χ3v) is 4.87. The monoisotopic (exact) mass is 412 g/mol. The van der Waals surface area contributed by atoms with Crippen LogP contribution in [0.3, 0.4) is 0 Å². The topological polar surface area (TPSA) is 41.6 Å². The summed E-state index contributed by atoms with van der Waals surface area (Å²) in [5.41, 5.74) is 1.02. The van der Waals surface area contributed by atoms with E-state index in [4.69, 9.17) is 16.3 Å². The molecule has 1 fully saturated rings. The Kier molecular flexibility index (Phi) is 8.35. The molecule has 3 rings (SSSR count). The van der Waals surface area contributed by atoms with Gasteiger partial charge in [0.1, 0.15) is 11.6 Å². The molecule has 0 spiro atoms. The van der Waals surface area contributed by atoms with E-state index < -0.39 is 0 Å². The molecule has 1 atom stereocenters. The highest BCUT2D eigenvalue weighted by molar-refractivity contribution is 6.31. The molecule has 27 heavy (non-hydrogen) atoms. The van der Waals surface area contributed by atoms with E-state index in [0.29, 0.717) is 17.3 Å². The first kappa shape index (κ1) is 21.5. The van der Waals surface area contributed by atoms with Gasteiger partial charge in [-0.3, -0.25) is 9.69 Å². The zero-order chi connectivity index (χ0) is 18.4. The second kappa shape index (κ2) is 10.5. The molecular weight excluding hydrogens is 390 g/mol. The predicted octanol–water partition coefficient (Wildman–Crippen LogP) is 4.23. The lowest BCUT2D eigenvalue weighted by Crippen LogP contribution is -2.38. The van der Waals surface area contributed by atoms with Crippen molar-refractivity contribution in [3.63, 3.8) is 0 Å². The van der Waals surface area contributed by atoms with Gasteiger partial charge < -0.3 is 10.1 Å². The van der Waals surface area contributed by atoms with Crippen molar-refractivity contribution in [1.29, 1.82) is 0 Å². The molecular formula is C20H23Cl2FN2O2. The van der Waals surface area contributed by atoms with Gasteiger partial charge in [-0.05, 0) is 61.8 Å². The van der Waals surface area contributed by atoms with E-state index >= 15 is 0 Å². The molecule has 1 N–H and O–H groups in total. The minimum atomic E-state index is -0.338. The summed E-state index contributed by atoms with van der Waals surface area (Å²) in [4.78, 5) is 14.5. The number of amides is 1. The largest absolute Gasteiger partial charge is 0.484 e. The molecule has 0 aliphatic carbocycles. The number of carbonyl (C=O) groups is 1. The average molecular weight is 413 g/mol. The number of hydrogen-bond donors (Lipinski definition) is 1. The number of benzene rings is 2. The van der Waals surface area contributed by atoms with Crippen molar-refractivity contribution < 1.29 is 13.9 Å².